The van der Waals surface area contributed by atoms with Crippen LogP contribution in [0.5, 0.6) is 0 Å². The molecule has 0 atom stereocenters. The summed E-state index contributed by atoms with van der Waals surface area (Å²) in [5, 5.41) is 0. The van der Waals surface area contributed by atoms with Crippen LogP contribution in [0.4, 0.5) is 0 Å². The molecule has 0 saturated carbocycles. The molecule has 0 radical (unpaired) electrons. The Morgan fingerprint density at radius 2 is 1.25 bits per heavy atom. The van der Waals surface area contributed by atoms with Crippen molar-refractivity contribution in [3.05, 3.63) is 34.1 Å². The molecule has 20 heavy (non-hydrogen) atoms. The Balaban J connectivity index is 1.92. The van der Waals surface area contributed by atoms with Crippen molar-refractivity contribution >= 4 is 91.4 Å². The van der Waals surface area contributed by atoms with Crippen LogP contribution < -0.4 is 0 Å². The fraction of sp³-hybridized carbons (Fsp3) is 0. The molecule has 0 spiro atoms. The number of hydrogen-bond donors (Lipinski definition) is 0. The third kappa shape index (κ3) is 2.94. The SMILES string of the molecule is c1c[se]c(-c2sc(-c3ccc[se]3)c3c2SSSSS3)c1. The van der Waals surface area contributed by atoms with Crippen molar-refractivity contribution in [2.45, 2.75) is 9.79 Å². The van der Waals surface area contributed by atoms with E-state index < -0.39 is 0 Å². The van der Waals surface area contributed by atoms with Gasteiger partial charge in [0, 0.05) is 0 Å². The summed E-state index contributed by atoms with van der Waals surface area (Å²) in [6.45, 7) is 0. The van der Waals surface area contributed by atoms with Gasteiger partial charge in [0.15, 0.2) is 0 Å². The first-order valence-electron chi connectivity index (χ1n) is 5.52. The molecular weight excluding hydrogens is 494 g/mol. The average Bonchev–Trinajstić information content (AvgIpc) is 3.16. The molecule has 0 nitrogen and oxygen atoms in total. The maximum absolute atomic E-state index is 2.32. The molecular formula is C12H6S6Se2. The van der Waals surface area contributed by atoms with E-state index in [1.165, 1.54) is 19.5 Å². The minimum atomic E-state index is 0.520. The van der Waals surface area contributed by atoms with Crippen LogP contribution in [-0.4, -0.2) is 29.0 Å². The van der Waals surface area contributed by atoms with Crippen molar-refractivity contribution in [3.8, 4) is 18.6 Å². The van der Waals surface area contributed by atoms with Crippen LogP contribution in [0.2, 0.25) is 0 Å². The molecule has 0 unspecified atom stereocenters. The van der Waals surface area contributed by atoms with Gasteiger partial charge in [0.05, 0.1) is 0 Å². The van der Waals surface area contributed by atoms with Crippen LogP contribution in [0.1, 0.15) is 0 Å². The zero-order valence-corrected chi connectivity index (χ0v) is 18.1. The van der Waals surface area contributed by atoms with Gasteiger partial charge in [-0.15, -0.1) is 0 Å². The predicted octanol–water partition coefficient (Wildman–Crippen LogP) is 6.25. The van der Waals surface area contributed by atoms with Gasteiger partial charge in [-0.2, -0.15) is 0 Å². The van der Waals surface area contributed by atoms with Gasteiger partial charge in [0.2, 0.25) is 0 Å². The summed E-state index contributed by atoms with van der Waals surface area (Å²) in [6, 6.07) is 9.05. The first kappa shape index (κ1) is 15.0. The van der Waals surface area contributed by atoms with E-state index >= 15 is 0 Å². The molecule has 4 rings (SSSR count). The summed E-state index contributed by atoms with van der Waals surface area (Å²) in [7, 11) is 9.58. The van der Waals surface area contributed by atoms with Gasteiger partial charge in [-0.3, -0.25) is 0 Å². The molecule has 0 aliphatic carbocycles. The summed E-state index contributed by atoms with van der Waals surface area (Å²) in [5.74, 6) is 0. The van der Waals surface area contributed by atoms with E-state index in [4.69, 9.17) is 0 Å². The summed E-state index contributed by atoms with van der Waals surface area (Å²) in [6.07, 6.45) is 0. The quantitative estimate of drug-likeness (QED) is 0.300. The van der Waals surface area contributed by atoms with Crippen LogP contribution in [0.15, 0.2) is 43.9 Å². The van der Waals surface area contributed by atoms with Crippen molar-refractivity contribution < 1.29 is 0 Å². The third-order valence-corrected chi connectivity index (χ3v) is 16.9. The van der Waals surface area contributed by atoms with Gasteiger partial charge in [-0.25, -0.2) is 0 Å². The van der Waals surface area contributed by atoms with Gasteiger partial charge in [-0.05, 0) is 0 Å². The molecule has 3 aromatic rings. The molecule has 8 heteroatoms. The second-order valence-electron chi connectivity index (χ2n) is 3.74. The van der Waals surface area contributed by atoms with Crippen molar-refractivity contribution in [2.75, 3.05) is 0 Å². The van der Waals surface area contributed by atoms with Crippen molar-refractivity contribution in [2.24, 2.45) is 0 Å². The standard InChI is InChI=1S/C12H6S6Se2/c1-3-7(19-5-1)9-11-12(15-17-18-16-14-11)10(13-9)8-4-2-6-20-8/h1-6H. The van der Waals surface area contributed by atoms with Crippen LogP contribution >= 0.6 is 62.4 Å². The van der Waals surface area contributed by atoms with Crippen LogP contribution in [0, 0.1) is 0 Å². The number of fused-ring (bicyclic) bond motifs is 1. The molecule has 0 saturated heterocycles. The van der Waals surface area contributed by atoms with Gasteiger partial charge < -0.3 is 0 Å². The molecule has 0 bridgehead atoms. The van der Waals surface area contributed by atoms with E-state index in [-0.39, 0.29) is 0 Å². The Labute approximate surface area is 152 Å². The van der Waals surface area contributed by atoms with Gasteiger partial charge in [-0.1, -0.05) is 0 Å². The van der Waals surface area contributed by atoms with Crippen LogP contribution in [0.25, 0.3) is 18.6 Å². The summed E-state index contributed by atoms with van der Waals surface area (Å²) in [4.78, 5) is 10.7. The molecule has 0 fully saturated rings. The topological polar surface area (TPSA) is 0 Å². The van der Waals surface area contributed by atoms with Crippen LogP contribution in [-0.2, 0) is 0 Å². The Morgan fingerprint density at radius 1 is 0.700 bits per heavy atom. The Hall–Kier alpha value is 1.45. The molecule has 0 N–H and O–H groups in total. The maximum atomic E-state index is 2.32. The van der Waals surface area contributed by atoms with E-state index in [9.17, 15) is 0 Å². The van der Waals surface area contributed by atoms with E-state index in [1.807, 2.05) is 62.4 Å². The predicted molar refractivity (Wildman–Crippen MR) is 104 cm³/mol. The average molecular weight is 501 g/mol. The van der Waals surface area contributed by atoms with Crippen molar-refractivity contribution in [1.29, 1.82) is 0 Å². The Kier molecular flexibility index (Phi) is 5.19. The van der Waals surface area contributed by atoms with E-state index in [1.54, 1.807) is 8.87 Å². The van der Waals surface area contributed by atoms with Crippen LogP contribution in [0.3, 0.4) is 0 Å². The minimum absolute atomic E-state index is 0.520. The number of thiophene rings is 1. The molecule has 3 aromatic heterocycles. The molecule has 1 aliphatic heterocycles. The summed E-state index contributed by atoms with van der Waals surface area (Å²) < 4.78 is 3.10. The second-order valence-corrected chi connectivity index (χ2v) is 16.2. The van der Waals surface area contributed by atoms with Gasteiger partial charge >= 0.3 is 154 Å². The normalized spacial score (nSPS) is 15.0. The fourth-order valence-electron chi connectivity index (χ4n) is 1.80. The molecule has 0 amide bonds. The summed E-state index contributed by atoms with van der Waals surface area (Å²) in [5.41, 5.74) is 0. The molecule has 0 aromatic carbocycles. The summed E-state index contributed by atoms with van der Waals surface area (Å²) >= 11 is 3.06. The van der Waals surface area contributed by atoms with E-state index in [0.29, 0.717) is 29.0 Å². The fourth-order valence-corrected chi connectivity index (χ4v) is 16.8. The van der Waals surface area contributed by atoms with Gasteiger partial charge in [0.25, 0.3) is 0 Å². The number of rotatable bonds is 2. The Morgan fingerprint density at radius 3 is 1.70 bits per heavy atom. The first-order valence-corrected chi connectivity index (χ1v) is 16.2. The Bertz CT molecular complexity index is 642. The molecule has 4 heterocycles. The van der Waals surface area contributed by atoms with E-state index in [0.717, 1.165) is 0 Å². The first-order chi connectivity index (χ1) is 9.93. The van der Waals surface area contributed by atoms with Crippen molar-refractivity contribution in [1.82, 2.24) is 0 Å². The zero-order valence-electron chi connectivity index (χ0n) is 9.73. The molecule has 102 valence electrons. The molecule has 1 aliphatic rings. The third-order valence-electron chi connectivity index (χ3n) is 2.60. The number of hydrogen-bond acceptors (Lipinski definition) is 6. The van der Waals surface area contributed by atoms with E-state index in [2.05, 4.69) is 34.1 Å². The van der Waals surface area contributed by atoms with Crippen molar-refractivity contribution in [3.63, 3.8) is 0 Å². The zero-order chi connectivity index (χ0) is 13.4. The second kappa shape index (κ2) is 6.91. The monoisotopic (exact) mass is 502 g/mol. The van der Waals surface area contributed by atoms with Gasteiger partial charge in [0.1, 0.15) is 0 Å².